The number of likely N-dealkylation sites (tertiary alicyclic amines) is 1. The molecule has 1 fully saturated rings. The zero-order valence-corrected chi connectivity index (χ0v) is 17.8. The number of carbonyl (C=O) groups excluding carboxylic acids is 2. The molecule has 1 saturated heterocycles. The van der Waals surface area contributed by atoms with E-state index in [2.05, 4.69) is 11.1 Å². The van der Waals surface area contributed by atoms with Crippen LogP contribution in [0.1, 0.15) is 38.5 Å². The van der Waals surface area contributed by atoms with Gasteiger partial charge in [-0.3, -0.25) is 14.6 Å². The largest absolute Gasteiger partial charge is 0.444 e. The van der Waals surface area contributed by atoms with Gasteiger partial charge in [-0.05, 0) is 33.6 Å². The Hall–Kier alpha value is -2.92. The second-order valence-corrected chi connectivity index (χ2v) is 8.86. The van der Waals surface area contributed by atoms with Crippen molar-refractivity contribution in [2.45, 2.75) is 45.3 Å². The van der Waals surface area contributed by atoms with Crippen LogP contribution in [0.2, 0.25) is 0 Å². The molecule has 2 aromatic rings. The van der Waals surface area contributed by atoms with Gasteiger partial charge in [0.2, 0.25) is 0 Å². The number of hydrogen-bond donors (Lipinski definition) is 0. The third-order valence-corrected chi connectivity index (χ3v) is 5.58. The van der Waals surface area contributed by atoms with Crippen LogP contribution in [-0.4, -0.2) is 47.1 Å². The van der Waals surface area contributed by atoms with Crippen molar-refractivity contribution in [2.75, 3.05) is 18.5 Å². The van der Waals surface area contributed by atoms with Gasteiger partial charge in [0.15, 0.2) is 5.13 Å². The molecule has 1 aliphatic rings. The normalized spacial score (nSPS) is 16.4. The summed E-state index contributed by atoms with van der Waals surface area (Å²) in [5.74, 6) is -0.230. The fourth-order valence-electron chi connectivity index (χ4n) is 3.20. The Morgan fingerprint density at radius 1 is 1.31 bits per heavy atom. The predicted octanol–water partition coefficient (Wildman–Crippen LogP) is 4.04. The van der Waals surface area contributed by atoms with Crippen LogP contribution in [0.3, 0.4) is 0 Å². The molecular formula is C21H24N4O3S. The summed E-state index contributed by atoms with van der Waals surface area (Å²) in [6.07, 6.45) is 0.827. The Bertz CT molecular complexity index is 943. The van der Waals surface area contributed by atoms with Crippen molar-refractivity contribution in [3.8, 4) is 17.3 Å². The lowest BCUT2D eigenvalue weighted by Gasteiger charge is -2.29. The van der Waals surface area contributed by atoms with Gasteiger partial charge in [0.05, 0.1) is 0 Å². The first-order valence-electron chi connectivity index (χ1n) is 9.45. The fourth-order valence-corrected chi connectivity index (χ4v) is 4.05. The minimum absolute atomic E-state index is 0.230. The van der Waals surface area contributed by atoms with E-state index < -0.39 is 17.7 Å². The highest BCUT2D eigenvalue weighted by Crippen LogP contribution is 2.33. The van der Waals surface area contributed by atoms with Gasteiger partial charge in [-0.15, -0.1) is 0 Å². The predicted molar refractivity (Wildman–Crippen MR) is 112 cm³/mol. The van der Waals surface area contributed by atoms with Crippen molar-refractivity contribution in [3.63, 3.8) is 0 Å². The third-order valence-electron chi connectivity index (χ3n) is 4.55. The highest BCUT2D eigenvalue weighted by atomic mass is 32.1. The molecule has 3 rings (SSSR count). The maximum absolute atomic E-state index is 13.1. The van der Waals surface area contributed by atoms with Crippen molar-refractivity contribution in [1.29, 1.82) is 5.26 Å². The molecule has 0 bridgehead atoms. The Balaban J connectivity index is 1.82. The topological polar surface area (TPSA) is 86.5 Å². The summed E-state index contributed by atoms with van der Waals surface area (Å²) in [6.45, 7) is 5.88. The SMILES string of the molecule is CN(C(=O)C1CCCN1C(=O)OC(C)(C)C)c1nc(-c2ccccc2)c(C#N)s1. The lowest BCUT2D eigenvalue weighted by molar-refractivity contribution is -0.122. The first-order chi connectivity index (χ1) is 13.7. The summed E-state index contributed by atoms with van der Waals surface area (Å²) in [6, 6.07) is 11.0. The van der Waals surface area contributed by atoms with Crippen molar-refractivity contribution < 1.29 is 14.3 Å². The molecule has 0 spiro atoms. The molecule has 29 heavy (non-hydrogen) atoms. The molecule has 152 valence electrons. The van der Waals surface area contributed by atoms with Crippen LogP contribution in [0.5, 0.6) is 0 Å². The quantitative estimate of drug-likeness (QED) is 0.759. The first-order valence-corrected chi connectivity index (χ1v) is 10.3. The van der Waals surface area contributed by atoms with Crippen LogP contribution in [0.4, 0.5) is 9.93 Å². The molecule has 0 saturated carbocycles. The average Bonchev–Trinajstić information content (AvgIpc) is 3.33. The number of anilines is 1. The number of rotatable bonds is 3. The zero-order valence-electron chi connectivity index (χ0n) is 17.0. The maximum Gasteiger partial charge on any atom is 0.410 e. The highest BCUT2D eigenvalue weighted by molar-refractivity contribution is 7.16. The van der Waals surface area contributed by atoms with Gasteiger partial charge in [0, 0.05) is 19.2 Å². The minimum Gasteiger partial charge on any atom is -0.444 e. The summed E-state index contributed by atoms with van der Waals surface area (Å²) >= 11 is 1.17. The van der Waals surface area contributed by atoms with Gasteiger partial charge in [-0.1, -0.05) is 41.7 Å². The summed E-state index contributed by atoms with van der Waals surface area (Å²) in [5, 5.41) is 9.93. The monoisotopic (exact) mass is 412 g/mol. The molecule has 1 atom stereocenters. The lowest BCUT2D eigenvalue weighted by Crippen LogP contribution is -2.48. The third kappa shape index (κ3) is 4.57. The Kier molecular flexibility index (Phi) is 5.89. The van der Waals surface area contributed by atoms with E-state index in [1.807, 2.05) is 30.3 Å². The van der Waals surface area contributed by atoms with Gasteiger partial charge < -0.3 is 4.74 Å². The fraction of sp³-hybridized carbons (Fsp3) is 0.429. The number of amides is 2. The van der Waals surface area contributed by atoms with Gasteiger partial charge in [0.25, 0.3) is 5.91 Å². The number of nitriles is 1. The van der Waals surface area contributed by atoms with E-state index >= 15 is 0 Å². The van der Waals surface area contributed by atoms with Crippen LogP contribution in [-0.2, 0) is 9.53 Å². The van der Waals surface area contributed by atoms with E-state index in [9.17, 15) is 14.9 Å². The average molecular weight is 413 g/mol. The van der Waals surface area contributed by atoms with Crippen LogP contribution < -0.4 is 4.90 Å². The number of aromatic nitrogens is 1. The number of ether oxygens (including phenoxy) is 1. The van der Waals surface area contributed by atoms with E-state index in [0.717, 1.165) is 12.0 Å². The van der Waals surface area contributed by atoms with E-state index in [1.54, 1.807) is 27.8 Å². The Labute approximate surface area is 174 Å². The van der Waals surface area contributed by atoms with Crippen LogP contribution in [0.25, 0.3) is 11.3 Å². The smallest absolute Gasteiger partial charge is 0.410 e. The van der Waals surface area contributed by atoms with E-state index in [4.69, 9.17) is 4.74 Å². The second-order valence-electron chi connectivity index (χ2n) is 7.88. The minimum atomic E-state index is -0.624. The molecule has 1 aliphatic heterocycles. The molecule has 1 aromatic carbocycles. The van der Waals surface area contributed by atoms with Crippen molar-refractivity contribution in [1.82, 2.24) is 9.88 Å². The maximum atomic E-state index is 13.1. The zero-order chi connectivity index (χ0) is 21.2. The molecule has 7 nitrogen and oxygen atoms in total. The first kappa shape index (κ1) is 20.8. The van der Waals surface area contributed by atoms with E-state index in [0.29, 0.717) is 28.7 Å². The molecule has 1 unspecified atom stereocenters. The van der Waals surface area contributed by atoms with Crippen LogP contribution in [0, 0.1) is 11.3 Å². The highest BCUT2D eigenvalue weighted by Gasteiger charge is 2.38. The summed E-state index contributed by atoms with van der Waals surface area (Å²) in [5.41, 5.74) is 0.757. The number of nitrogens with zero attached hydrogens (tertiary/aromatic N) is 4. The molecular weight excluding hydrogens is 388 g/mol. The molecule has 0 radical (unpaired) electrons. The van der Waals surface area contributed by atoms with Gasteiger partial charge in [-0.2, -0.15) is 5.26 Å². The van der Waals surface area contributed by atoms with Crippen LogP contribution >= 0.6 is 11.3 Å². The summed E-state index contributed by atoms with van der Waals surface area (Å²) in [4.78, 5) is 33.5. The number of benzene rings is 1. The van der Waals surface area contributed by atoms with Gasteiger partial charge in [-0.25, -0.2) is 9.78 Å². The Morgan fingerprint density at radius 3 is 2.62 bits per heavy atom. The van der Waals surface area contributed by atoms with Gasteiger partial charge >= 0.3 is 6.09 Å². The molecule has 2 heterocycles. The summed E-state index contributed by atoms with van der Waals surface area (Å²) in [7, 11) is 1.63. The van der Waals surface area contributed by atoms with Crippen molar-refractivity contribution in [2.24, 2.45) is 0 Å². The second kappa shape index (κ2) is 8.21. The van der Waals surface area contributed by atoms with Crippen LogP contribution in [0.15, 0.2) is 30.3 Å². The number of thiazole rings is 1. The molecule has 1 aromatic heterocycles. The molecule has 0 N–H and O–H groups in total. The van der Waals surface area contributed by atoms with Crippen molar-refractivity contribution >= 4 is 28.5 Å². The Morgan fingerprint density at radius 2 is 2.00 bits per heavy atom. The lowest BCUT2D eigenvalue weighted by atomic mass is 10.1. The number of carbonyl (C=O) groups is 2. The van der Waals surface area contributed by atoms with Crippen molar-refractivity contribution in [3.05, 3.63) is 35.2 Å². The molecule has 2 amide bonds. The molecule has 0 aliphatic carbocycles. The van der Waals surface area contributed by atoms with E-state index in [1.165, 1.54) is 21.1 Å². The number of hydrogen-bond acceptors (Lipinski definition) is 6. The molecule has 8 heteroatoms. The standard InChI is InChI=1S/C21H24N4O3S/c1-21(2,3)28-20(27)25-12-8-11-15(25)18(26)24(4)19-23-17(16(13-22)29-19)14-9-6-5-7-10-14/h5-7,9-10,15H,8,11-12H2,1-4H3. The number of likely N-dealkylation sites (N-methyl/N-ethyl adjacent to an activating group) is 1. The van der Waals surface area contributed by atoms with E-state index in [-0.39, 0.29) is 5.91 Å². The van der Waals surface area contributed by atoms with Gasteiger partial charge in [0.1, 0.15) is 28.3 Å². The summed E-state index contributed by atoms with van der Waals surface area (Å²) < 4.78 is 5.45.